The van der Waals surface area contributed by atoms with Crippen molar-refractivity contribution in [2.24, 2.45) is 0 Å². The van der Waals surface area contributed by atoms with Crippen molar-refractivity contribution >= 4 is 11.6 Å². The van der Waals surface area contributed by atoms with E-state index in [0.717, 1.165) is 43.9 Å². The average molecular weight is 299 g/mol. The number of aliphatic hydroxyl groups excluding tert-OH is 1. The summed E-state index contributed by atoms with van der Waals surface area (Å²) in [4.78, 5) is 2.32. The van der Waals surface area contributed by atoms with Crippen LogP contribution in [0.4, 0.5) is 0 Å². The highest BCUT2D eigenvalue weighted by Crippen LogP contribution is 2.36. The third-order valence-corrected chi connectivity index (χ3v) is 4.55. The zero-order valence-electron chi connectivity index (χ0n) is 12.1. The molecule has 0 aliphatic carbocycles. The van der Waals surface area contributed by atoms with E-state index in [9.17, 15) is 10.2 Å². The third-order valence-electron chi connectivity index (χ3n) is 3.97. The highest BCUT2D eigenvalue weighted by molar-refractivity contribution is 6.32. The maximum Gasteiger partial charge on any atom is 0.122 e. The first-order chi connectivity index (χ1) is 9.50. The number of benzene rings is 1. The maximum absolute atomic E-state index is 10.4. The first-order valence-electron chi connectivity index (χ1n) is 7.10. The van der Waals surface area contributed by atoms with E-state index in [4.69, 9.17) is 11.6 Å². The van der Waals surface area contributed by atoms with Gasteiger partial charge in [-0.25, -0.2) is 0 Å². The number of hydrogen-bond donors (Lipinski definition) is 3. The van der Waals surface area contributed by atoms with Crippen LogP contribution in [-0.2, 0) is 0 Å². The Kier molecular flexibility index (Phi) is 5.27. The number of piperazine rings is 1. The van der Waals surface area contributed by atoms with Gasteiger partial charge in [0.2, 0.25) is 0 Å². The standard InChI is InChI=1S/C15H23ClN2O2/c1-10-9-13(20)14(11(2)15(10)16)12(19)3-6-18-7-4-17-5-8-18/h9,12,17,19-20H,3-8H2,1-2H3. The Hall–Kier alpha value is -0.810. The van der Waals surface area contributed by atoms with Gasteiger partial charge in [-0.15, -0.1) is 0 Å². The number of phenolic OH excluding ortho intramolecular Hbond substituents is 1. The lowest BCUT2D eigenvalue weighted by molar-refractivity contribution is 0.133. The molecule has 0 saturated carbocycles. The number of rotatable bonds is 4. The van der Waals surface area contributed by atoms with Crippen LogP contribution in [0.1, 0.15) is 29.2 Å². The van der Waals surface area contributed by atoms with Crippen LogP contribution >= 0.6 is 11.6 Å². The number of phenols is 1. The first-order valence-corrected chi connectivity index (χ1v) is 7.48. The monoisotopic (exact) mass is 298 g/mol. The predicted octanol–water partition coefficient (Wildman–Crippen LogP) is 1.99. The summed E-state index contributed by atoms with van der Waals surface area (Å²) in [5.74, 6) is 0.136. The molecule has 0 aromatic heterocycles. The molecule has 1 unspecified atom stereocenters. The summed E-state index contributed by atoms with van der Waals surface area (Å²) < 4.78 is 0. The van der Waals surface area contributed by atoms with Crippen LogP contribution in [0.3, 0.4) is 0 Å². The number of aliphatic hydroxyl groups is 1. The Balaban J connectivity index is 2.05. The molecule has 0 amide bonds. The van der Waals surface area contributed by atoms with E-state index < -0.39 is 6.10 Å². The van der Waals surface area contributed by atoms with Crippen molar-refractivity contribution in [2.45, 2.75) is 26.4 Å². The van der Waals surface area contributed by atoms with Crippen molar-refractivity contribution in [1.29, 1.82) is 0 Å². The lowest BCUT2D eigenvalue weighted by atomic mass is 9.97. The second-order valence-electron chi connectivity index (χ2n) is 5.46. The molecule has 20 heavy (non-hydrogen) atoms. The van der Waals surface area contributed by atoms with E-state index in [1.165, 1.54) is 0 Å². The van der Waals surface area contributed by atoms with E-state index in [1.807, 2.05) is 13.8 Å². The largest absolute Gasteiger partial charge is 0.508 e. The van der Waals surface area contributed by atoms with Crippen molar-refractivity contribution in [3.05, 3.63) is 27.8 Å². The molecule has 0 radical (unpaired) electrons. The van der Waals surface area contributed by atoms with Gasteiger partial charge in [0, 0.05) is 43.3 Å². The zero-order valence-corrected chi connectivity index (χ0v) is 12.9. The Labute approximate surface area is 125 Å². The number of halogens is 1. The molecule has 1 aromatic carbocycles. The van der Waals surface area contributed by atoms with Crippen LogP contribution < -0.4 is 5.32 Å². The fraction of sp³-hybridized carbons (Fsp3) is 0.600. The average Bonchev–Trinajstić information content (AvgIpc) is 2.44. The summed E-state index contributed by atoms with van der Waals surface area (Å²) in [6.45, 7) is 8.53. The number of nitrogens with one attached hydrogen (secondary N) is 1. The second kappa shape index (κ2) is 6.76. The molecule has 112 valence electrons. The molecule has 5 heteroatoms. The van der Waals surface area contributed by atoms with Gasteiger partial charge in [-0.05, 0) is 37.5 Å². The Morgan fingerprint density at radius 1 is 1.35 bits per heavy atom. The lowest BCUT2D eigenvalue weighted by Gasteiger charge is -2.28. The van der Waals surface area contributed by atoms with Crippen LogP contribution in [0.25, 0.3) is 0 Å². The fourth-order valence-electron chi connectivity index (χ4n) is 2.76. The summed E-state index contributed by atoms with van der Waals surface area (Å²) in [6, 6.07) is 1.62. The van der Waals surface area contributed by atoms with Gasteiger partial charge in [0.05, 0.1) is 6.10 Å². The van der Waals surface area contributed by atoms with Crippen LogP contribution in [0.5, 0.6) is 5.75 Å². The van der Waals surface area contributed by atoms with E-state index in [2.05, 4.69) is 10.2 Å². The van der Waals surface area contributed by atoms with Gasteiger partial charge in [0.15, 0.2) is 0 Å². The molecule has 1 fully saturated rings. The van der Waals surface area contributed by atoms with Gasteiger partial charge < -0.3 is 20.4 Å². The van der Waals surface area contributed by atoms with Gasteiger partial charge in [-0.3, -0.25) is 0 Å². The zero-order chi connectivity index (χ0) is 14.7. The predicted molar refractivity (Wildman–Crippen MR) is 81.5 cm³/mol. The van der Waals surface area contributed by atoms with E-state index in [-0.39, 0.29) is 5.75 Å². The van der Waals surface area contributed by atoms with Crippen molar-refractivity contribution in [2.75, 3.05) is 32.7 Å². The molecular formula is C15H23ClN2O2. The van der Waals surface area contributed by atoms with Gasteiger partial charge in [-0.2, -0.15) is 0 Å². The third kappa shape index (κ3) is 3.44. The number of aromatic hydroxyl groups is 1. The molecule has 1 heterocycles. The van der Waals surface area contributed by atoms with E-state index in [0.29, 0.717) is 17.0 Å². The molecule has 0 spiro atoms. The van der Waals surface area contributed by atoms with Crippen molar-refractivity contribution in [3.63, 3.8) is 0 Å². The molecule has 1 aliphatic heterocycles. The van der Waals surface area contributed by atoms with Crippen molar-refractivity contribution < 1.29 is 10.2 Å². The molecule has 3 N–H and O–H groups in total. The fourth-order valence-corrected chi connectivity index (χ4v) is 2.91. The molecule has 1 aliphatic rings. The molecule has 1 saturated heterocycles. The molecule has 0 bridgehead atoms. The smallest absolute Gasteiger partial charge is 0.122 e. The Bertz CT molecular complexity index is 473. The summed E-state index contributed by atoms with van der Waals surface area (Å²) in [5.41, 5.74) is 2.17. The van der Waals surface area contributed by atoms with Gasteiger partial charge in [-0.1, -0.05) is 11.6 Å². The highest BCUT2D eigenvalue weighted by Gasteiger charge is 2.20. The van der Waals surface area contributed by atoms with E-state index >= 15 is 0 Å². The topological polar surface area (TPSA) is 55.7 Å². The first kappa shape index (κ1) is 15.6. The molecule has 2 rings (SSSR count). The highest BCUT2D eigenvalue weighted by atomic mass is 35.5. The van der Waals surface area contributed by atoms with Crippen molar-refractivity contribution in [1.82, 2.24) is 10.2 Å². The number of aryl methyl sites for hydroxylation is 1. The van der Waals surface area contributed by atoms with Crippen LogP contribution in [0, 0.1) is 13.8 Å². The summed E-state index contributed by atoms with van der Waals surface area (Å²) in [6.07, 6.45) is -0.0728. The second-order valence-corrected chi connectivity index (χ2v) is 5.84. The number of nitrogens with zero attached hydrogens (tertiary/aromatic N) is 1. The summed E-state index contributed by atoms with van der Waals surface area (Å²) in [5, 5.41) is 24.4. The van der Waals surface area contributed by atoms with Gasteiger partial charge in [0.25, 0.3) is 0 Å². The minimum absolute atomic E-state index is 0.136. The Morgan fingerprint density at radius 3 is 2.65 bits per heavy atom. The number of hydrogen-bond acceptors (Lipinski definition) is 4. The van der Waals surface area contributed by atoms with Crippen LogP contribution in [0.2, 0.25) is 5.02 Å². The quantitative estimate of drug-likeness (QED) is 0.796. The molecule has 1 aromatic rings. The summed E-state index contributed by atoms with van der Waals surface area (Å²) in [7, 11) is 0. The maximum atomic E-state index is 10.4. The summed E-state index contributed by atoms with van der Waals surface area (Å²) >= 11 is 6.21. The normalized spacial score (nSPS) is 18.2. The minimum atomic E-state index is -0.678. The van der Waals surface area contributed by atoms with Crippen molar-refractivity contribution in [3.8, 4) is 5.75 Å². The molecule has 1 atom stereocenters. The van der Waals surface area contributed by atoms with Crippen LogP contribution in [-0.4, -0.2) is 47.8 Å². The minimum Gasteiger partial charge on any atom is -0.508 e. The van der Waals surface area contributed by atoms with Gasteiger partial charge in [0.1, 0.15) is 5.75 Å². The van der Waals surface area contributed by atoms with E-state index in [1.54, 1.807) is 6.07 Å². The van der Waals surface area contributed by atoms with Gasteiger partial charge >= 0.3 is 0 Å². The molecular weight excluding hydrogens is 276 g/mol. The Morgan fingerprint density at radius 2 is 2.00 bits per heavy atom. The van der Waals surface area contributed by atoms with Crippen LogP contribution in [0.15, 0.2) is 6.07 Å². The lowest BCUT2D eigenvalue weighted by Crippen LogP contribution is -2.44. The SMILES string of the molecule is Cc1cc(O)c(C(O)CCN2CCNCC2)c(C)c1Cl. The molecule has 4 nitrogen and oxygen atoms in total.